The summed E-state index contributed by atoms with van der Waals surface area (Å²) in [6, 6.07) is 18.5. The van der Waals surface area contributed by atoms with Crippen molar-refractivity contribution in [3.63, 3.8) is 0 Å². The number of nitrogens with zero attached hydrogens (tertiary/aromatic N) is 4. The molecular formula is C30H30N4O5. The Balaban J connectivity index is 1.24. The first-order chi connectivity index (χ1) is 18.9. The van der Waals surface area contributed by atoms with E-state index in [1.165, 1.54) is 16.5 Å². The van der Waals surface area contributed by atoms with E-state index in [9.17, 15) is 19.5 Å². The Hall–Kier alpha value is -4.53. The average molecular weight is 527 g/mol. The normalized spacial score (nSPS) is 16.9. The quantitative estimate of drug-likeness (QED) is 0.425. The van der Waals surface area contributed by atoms with Gasteiger partial charge >= 0.3 is 6.09 Å². The number of aromatic nitrogens is 2. The van der Waals surface area contributed by atoms with Crippen LogP contribution in [0, 0.1) is 0 Å². The lowest BCUT2D eigenvalue weighted by atomic mass is 10.0. The van der Waals surface area contributed by atoms with Crippen molar-refractivity contribution in [2.24, 2.45) is 7.05 Å². The molecule has 1 unspecified atom stereocenters. The third-order valence-corrected chi connectivity index (χ3v) is 7.91. The van der Waals surface area contributed by atoms with E-state index in [1.807, 2.05) is 55.6 Å². The Bertz CT molecular complexity index is 1620. The van der Waals surface area contributed by atoms with E-state index in [0.29, 0.717) is 51.3 Å². The highest BCUT2D eigenvalue weighted by Gasteiger charge is 2.38. The van der Waals surface area contributed by atoms with Crippen molar-refractivity contribution in [3.8, 4) is 11.4 Å². The minimum absolute atomic E-state index is 0.118. The molecule has 4 aromatic rings. The Labute approximate surface area is 225 Å². The fourth-order valence-electron chi connectivity index (χ4n) is 5.85. The zero-order chi connectivity index (χ0) is 27.1. The van der Waals surface area contributed by atoms with Crippen molar-refractivity contribution in [2.75, 3.05) is 13.1 Å². The van der Waals surface area contributed by atoms with Crippen LogP contribution in [0.15, 0.2) is 71.7 Å². The van der Waals surface area contributed by atoms with Crippen LogP contribution in [0.1, 0.15) is 29.7 Å². The topological polar surface area (TPSA) is 97.0 Å². The average Bonchev–Trinajstić information content (AvgIpc) is 3.55. The summed E-state index contributed by atoms with van der Waals surface area (Å²) in [6.07, 6.45) is 2.66. The van der Waals surface area contributed by atoms with Crippen LogP contribution in [0.3, 0.4) is 0 Å². The first-order valence-corrected chi connectivity index (χ1v) is 13.2. The van der Waals surface area contributed by atoms with Gasteiger partial charge in [-0.15, -0.1) is 0 Å². The molecule has 0 aliphatic carbocycles. The third kappa shape index (κ3) is 4.54. The number of rotatable bonds is 5. The lowest BCUT2D eigenvalue weighted by molar-refractivity contribution is -0.136. The minimum atomic E-state index is -1.04. The lowest BCUT2D eigenvalue weighted by Gasteiger charge is -2.32. The van der Waals surface area contributed by atoms with Crippen LogP contribution in [-0.4, -0.2) is 55.2 Å². The van der Waals surface area contributed by atoms with Gasteiger partial charge in [0, 0.05) is 43.5 Å². The molecule has 4 heterocycles. The number of hydrogen-bond donors (Lipinski definition) is 1. The molecule has 39 heavy (non-hydrogen) atoms. The minimum Gasteiger partial charge on any atom is -0.489 e. The molecule has 2 aromatic carbocycles. The summed E-state index contributed by atoms with van der Waals surface area (Å²) in [5.74, 6) is 0.400. The summed E-state index contributed by atoms with van der Waals surface area (Å²) in [5, 5.41) is 10.6. The Morgan fingerprint density at radius 1 is 1.05 bits per heavy atom. The molecule has 2 aliphatic heterocycles. The highest BCUT2D eigenvalue weighted by Crippen LogP contribution is 2.32. The number of carboxylic acid groups (broad SMARTS) is 1. The van der Waals surface area contributed by atoms with Crippen molar-refractivity contribution in [1.82, 2.24) is 18.9 Å². The van der Waals surface area contributed by atoms with Gasteiger partial charge in [0.15, 0.2) is 0 Å². The fourth-order valence-corrected chi connectivity index (χ4v) is 5.85. The Morgan fingerprint density at radius 3 is 2.64 bits per heavy atom. The molecule has 9 heteroatoms. The SMILES string of the molecule is Cn1c2c(c3ccc(-n4ccc(OCc5ccccc5)cc4=O)cc31)CCN(C(=O)C1CCCN1C(=O)O)C2. The van der Waals surface area contributed by atoms with Gasteiger partial charge in [-0.1, -0.05) is 36.4 Å². The molecule has 2 aromatic heterocycles. The summed E-state index contributed by atoms with van der Waals surface area (Å²) < 4.78 is 9.49. The van der Waals surface area contributed by atoms with E-state index in [2.05, 4.69) is 4.57 Å². The molecule has 6 rings (SSSR count). The van der Waals surface area contributed by atoms with E-state index in [1.54, 1.807) is 21.7 Å². The monoisotopic (exact) mass is 526 g/mol. The van der Waals surface area contributed by atoms with E-state index in [-0.39, 0.29) is 11.5 Å². The number of hydrogen-bond acceptors (Lipinski definition) is 4. The Kier molecular flexibility index (Phi) is 6.34. The van der Waals surface area contributed by atoms with Crippen molar-refractivity contribution in [2.45, 2.75) is 38.5 Å². The maximum absolute atomic E-state index is 13.2. The van der Waals surface area contributed by atoms with Crippen LogP contribution < -0.4 is 10.3 Å². The number of amides is 2. The van der Waals surface area contributed by atoms with E-state index in [0.717, 1.165) is 27.8 Å². The number of aryl methyl sites for hydroxylation is 1. The zero-order valence-corrected chi connectivity index (χ0v) is 21.7. The zero-order valence-electron chi connectivity index (χ0n) is 21.7. The number of likely N-dealkylation sites (tertiary alicyclic amines) is 1. The molecule has 0 radical (unpaired) electrons. The van der Waals surface area contributed by atoms with E-state index < -0.39 is 12.1 Å². The molecule has 1 N–H and O–H groups in total. The van der Waals surface area contributed by atoms with Gasteiger partial charge in [0.05, 0.1) is 17.7 Å². The summed E-state index contributed by atoms with van der Waals surface area (Å²) in [7, 11) is 1.97. The van der Waals surface area contributed by atoms with Crippen LogP contribution in [0.4, 0.5) is 4.79 Å². The van der Waals surface area contributed by atoms with Crippen molar-refractivity contribution in [1.29, 1.82) is 0 Å². The van der Waals surface area contributed by atoms with Gasteiger partial charge in [0.25, 0.3) is 5.56 Å². The fraction of sp³-hybridized carbons (Fsp3) is 0.300. The molecule has 9 nitrogen and oxygen atoms in total. The van der Waals surface area contributed by atoms with Crippen LogP contribution in [-0.2, 0) is 31.4 Å². The molecular weight excluding hydrogens is 496 g/mol. The number of fused-ring (bicyclic) bond motifs is 3. The van der Waals surface area contributed by atoms with Gasteiger partial charge < -0.3 is 19.3 Å². The summed E-state index contributed by atoms with van der Waals surface area (Å²) in [6.45, 7) is 1.79. The first kappa shape index (κ1) is 24.8. The van der Waals surface area contributed by atoms with Gasteiger partial charge in [-0.2, -0.15) is 0 Å². The van der Waals surface area contributed by atoms with Crippen LogP contribution >= 0.6 is 0 Å². The van der Waals surface area contributed by atoms with Crippen molar-refractivity contribution < 1.29 is 19.4 Å². The number of ether oxygens (including phenoxy) is 1. The number of carbonyl (C=O) groups excluding carboxylic acids is 1. The second-order valence-electron chi connectivity index (χ2n) is 10.2. The molecule has 0 bridgehead atoms. The maximum atomic E-state index is 13.2. The highest BCUT2D eigenvalue weighted by molar-refractivity contribution is 5.89. The number of pyridine rings is 1. The maximum Gasteiger partial charge on any atom is 0.407 e. The molecule has 1 saturated heterocycles. The number of carbonyl (C=O) groups is 2. The standard InChI is InChI=1S/C30H30N4O5/c1-31-26-16-21(33-15-11-22(17-28(33)35)39-19-20-6-3-2-4-7-20)9-10-23(26)24-12-14-32(18-27(24)31)29(36)25-8-5-13-34(25)30(37)38/h2-4,6-7,9-11,15-17,25H,5,8,12-14,18-19H2,1H3,(H,37,38). The van der Waals surface area contributed by atoms with Gasteiger partial charge in [0.1, 0.15) is 18.4 Å². The molecule has 0 spiro atoms. The molecule has 1 fully saturated rings. The molecule has 0 saturated carbocycles. The van der Waals surface area contributed by atoms with Gasteiger partial charge in [-0.25, -0.2) is 4.79 Å². The van der Waals surface area contributed by atoms with Crippen LogP contribution in [0.25, 0.3) is 16.6 Å². The second-order valence-corrected chi connectivity index (χ2v) is 10.2. The largest absolute Gasteiger partial charge is 0.489 e. The predicted octanol–water partition coefficient (Wildman–Crippen LogP) is 3.94. The third-order valence-electron chi connectivity index (χ3n) is 7.91. The second kappa shape index (κ2) is 9.98. The van der Waals surface area contributed by atoms with Crippen LogP contribution in [0.2, 0.25) is 0 Å². The summed E-state index contributed by atoms with van der Waals surface area (Å²) >= 11 is 0. The highest BCUT2D eigenvalue weighted by atomic mass is 16.5. The Morgan fingerprint density at radius 2 is 1.87 bits per heavy atom. The molecule has 1 atom stereocenters. The van der Waals surface area contributed by atoms with E-state index in [4.69, 9.17) is 4.74 Å². The smallest absolute Gasteiger partial charge is 0.407 e. The summed E-state index contributed by atoms with van der Waals surface area (Å²) in [5.41, 5.74) is 4.81. The van der Waals surface area contributed by atoms with Crippen molar-refractivity contribution in [3.05, 3.63) is 94.0 Å². The van der Waals surface area contributed by atoms with Gasteiger partial charge in [-0.3, -0.25) is 19.1 Å². The molecule has 200 valence electrons. The summed E-state index contributed by atoms with van der Waals surface area (Å²) in [4.78, 5) is 40.8. The van der Waals surface area contributed by atoms with Gasteiger partial charge in [0.2, 0.25) is 5.91 Å². The van der Waals surface area contributed by atoms with E-state index >= 15 is 0 Å². The first-order valence-electron chi connectivity index (χ1n) is 13.2. The van der Waals surface area contributed by atoms with Crippen molar-refractivity contribution >= 4 is 22.9 Å². The van der Waals surface area contributed by atoms with Gasteiger partial charge in [-0.05, 0) is 48.6 Å². The lowest BCUT2D eigenvalue weighted by Crippen LogP contribution is -2.48. The van der Waals surface area contributed by atoms with Crippen LogP contribution in [0.5, 0.6) is 5.75 Å². The predicted molar refractivity (Wildman–Crippen MR) is 146 cm³/mol. The molecule has 2 aliphatic rings. The number of benzene rings is 2. The molecule has 2 amide bonds.